The maximum absolute atomic E-state index is 12.3. The van der Waals surface area contributed by atoms with Gasteiger partial charge in [-0.25, -0.2) is 8.42 Å². The van der Waals surface area contributed by atoms with E-state index in [-0.39, 0.29) is 29.0 Å². The molecule has 0 spiro atoms. The van der Waals surface area contributed by atoms with Crippen LogP contribution in [0.3, 0.4) is 0 Å². The van der Waals surface area contributed by atoms with E-state index >= 15 is 0 Å². The Morgan fingerprint density at radius 1 is 1.15 bits per heavy atom. The summed E-state index contributed by atoms with van der Waals surface area (Å²) in [5.41, 5.74) is 0.744. The van der Waals surface area contributed by atoms with E-state index in [0.717, 1.165) is 11.0 Å². The van der Waals surface area contributed by atoms with E-state index in [1.54, 1.807) is 6.92 Å². The number of benzene rings is 2. The zero-order chi connectivity index (χ0) is 18.7. The first kappa shape index (κ1) is 18.5. The van der Waals surface area contributed by atoms with Crippen LogP contribution in [-0.2, 0) is 14.6 Å². The standard InChI is InChI=1S/C19H18ClNO4S/c1-13(18-12-14-4-2-3-5-17(14)25-18)21-19(22)10-11-26(23,24)16-8-6-15(20)7-9-16/h2-9,12-13H,10-11H2,1H3,(H,21,22)/t13-/m1/s1. The van der Waals surface area contributed by atoms with Gasteiger partial charge in [0.2, 0.25) is 5.91 Å². The zero-order valence-corrected chi connectivity index (χ0v) is 15.7. The summed E-state index contributed by atoms with van der Waals surface area (Å²) in [6.07, 6.45) is -0.129. The number of carbonyl (C=O) groups excluding carboxylic acids is 1. The fourth-order valence-electron chi connectivity index (χ4n) is 2.59. The fraction of sp³-hybridized carbons (Fsp3) is 0.211. The van der Waals surface area contributed by atoms with Crippen molar-refractivity contribution in [3.05, 3.63) is 65.4 Å². The molecule has 0 aliphatic carbocycles. The van der Waals surface area contributed by atoms with Crippen molar-refractivity contribution in [1.82, 2.24) is 5.32 Å². The Balaban J connectivity index is 1.60. The molecule has 3 rings (SSSR count). The summed E-state index contributed by atoms with van der Waals surface area (Å²) in [6, 6.07) is 15.0. The first-order valence-corrected chi connectivity index (χ1v) is 10.1. The van der Waals surface area contributed by atoms with Crippen molar-refractivity contribution in [2.75, 3.05) is 5.75 Å². The highest BCUT2D eigenvalue weighted by Crippen LogP contribution is 2.23. The molecule has 0 radical (unpaired) electrons. The highest BCUT2D eigenvalue weighted by molar-refractivity contribution is 7.91. The summed E-state index contributed by atoms with van der Waals surface area (Å²) in [7, 11) is -3.54. The number of nitrogens with one attached hydrogen (secondary N) is 1. The first-order valence-electron chi connectivity index (χ1n) is 8.11. The molecule has 0 unspecified atom stereocenters. The molecule has 1 aromatic heterocycles. The second-order valence-corrected chi connectivity index (χ2v) is 8.54. The predicted molar refractivity (Wildman–Crippen MR) is 101 cm³/mol. The molecule has 136 valence electrons. The quantitative estimate of drug-likeness (QED) is 0.685. The van der Waals surface area contributed by atoms with E-state index in [1.165, 1.54) is 24.3 Å². The summed E-state index contributed by atoms with van der Waals surface area (Å²) in [5.74, 6) is 0.00319. The van der Waals surface area contributed by atoms with Crippen molar-refractivity contribution in [2.45, 2.75) is 24.3 Å². The number of fused-ring (bicyclic) bond motifs is 1. The van der Waals surface area contributed by atoms with Gasteiger partial charge in [-0.15, -0.1) is 0 Å². The summed E-state index contributed by atoms with van der Waals surface area (Å²) in [6.45, 7) is 1.79. The van der Waals surface area contributed by atoms with Gasteiger partial charge in [0, 0.05) is 16.8 Å². The van der Waals surface area contributed by atoms with Crippen molar-refractivity contribution in [1.29, 1.82) is 0 Å². The Hall–Kier alpha value is -2.31. The van der Waals surface area contributed by atoms with Crippen LogP contribution in [0.4, 0.5) is 0 Å². The fourth-order valence-corrected chi connectivity index (χ4v) is 3.95. The van der Waals surface area contributed by atoms with Gasteiger partial charge < -0.3 is 9.73 Å². The molecular formula is C19H18ClNO4S. The van der Waals surface area contributed by atoms with Crippen LogP contribution in [0.5, 0.6) is 0 Å². The number of furan rings is 1. The van der Waals surface area contributed by atoms with Crippen LogP contribution < -0.4 is 5.32 Å². The number of carbonyl (C=O) groups is 1. The average molecular weight is 392 g/mol. The zero-order valence-electron chi connectivity index (χ0n) is 14.1. The maximum atomic E-state index is 12.3. The second-order valence-electron chi connectivity index (χ2n) is 6.00. The summed E-state index contributed by atoms with van der Waals surface area (Å²) >= 11 is 5.77. The van der Waals surface area contributed by atoms with Gasteiger partial charge in [0.15, 0.2) is 9.84 Å². The number of hydrogen-bond acceptors (Lipinski definition) is 4. The largest absolute Gasteiger partial charge is 0.459 e. The summed E-state index contributed by atoms with van der Waals surface area (Å²) < 4.78 is 30.3. The highest BCUT2D eigenvalue weighted by Gasteiger charge is 2.19. The van der Waals surface area contributed by atoms with Crippen LogP contribution in [0.15, 0.2) is 63.9 Å². The van der Waals surface area contributed by atoms with E-state index in [0.29, 0.717) is 10.8 Å². The molecule has 1 atom stereocenters. The van der Waals surface area contributed by atoms with Crippen molar-refractivity contribution in [2.24, 2.45) is 0 Å². The predicted octanol–water partition coefficient (Wildman–Crippen LogP) is 4.13. The van der Waals surface area contributed by atoms with Gasteiger partial charge in [-0.3, -0.25) is 4.79 Å². The molecule has 7 heteroatoms. The molecule has 1 N–H and O–H groups in total. The summed E-state index contributed by atoms with van der Waals surface area (Å²) in [5, 5.41) is 4.18. The molecule has 5 nitrogen and oxygen atoms in total. The van der Waals surface area contributed by atoms with Crippen LogP contribution in [0, 0.1) is 0 Å². The van der Waals surface area contributed by atoms with E-state index in [9.17, 15) is 13.2 Å². The van der Waals surface area contributed by atoms with E-state index in [2.05, 4.69) is 5.32 Å². The van der Waals surface area contributed by atoms with Crippen molar-refractivity contribution >= 4 is 38.3 Å². The molecule has 0 aliphatic rings. The Morgan fingerprint density at radius 3 is 2.54 bits per heavy atom. The Kier molecular flexibility index (Phi) is 5.34. The molecule has 0 aliphatic heterocycles. The van der Waals surface area contributed by atoms with Crippen LogP contribution in [0.25, 0.3) is 11.0 Å². The summed E-state index contributed by atoms with van der Waals surface area (Å²) in [4.78, 5) is 12.3. The molecule has 3 aromatic rings. The third-order valence-corrected chi connectivity index (χ3v) is 6.00. The van der Waals surface area contributed by atoms with Gasteiger partial charge in [0.05, 0.1) is 16.7 Å². The second kappa shape index (κ2) is 7.51. The van der Waals surface area contributed by atoms with Crippen LogP contribution in [0.2, 0.25) is 5.02 Å². The lowest BCUT2D eigenvalue weighted by atomic mass is 10.2. The lowest BCUT2D eigenvalue weighted by Crippen LogP contribution is -2.28. The van der Waals surface area contributed by atoms with Crippen molar-refractivity contribution in [3.8, 4) is 0 Å². The van der Waals surface area contributed by atoms with Crippen molar-refractivity contribution < 1.29 is 17.6 Å². The topological polar surface area (TPSA) is 76.4 Å². The van der Waals surface area contributed by atoms with E-state index in [1.807, 2.05) is 30.3 Å². The normalized spacial score (nSPS) is 12.8. The number of halogens is 1. The molecular weight excluding hydrogens is 374 g/mol. The molecule has 0 bridgehead atoms. The van der Waals surface area contributed by atoms with E-state index in [4.69, 9.17) is 16.0 Å². The Labute approximate surface area is 156 Å². The minimum absolute atomic E-state index is 0.129. The molecule has 2 aromatic carbocycles. The average Bonchev–Trinajstić information content (AvgIpc) is 3.05. The lowest BCUT2D eigenvalue weighted by Gasteiger charge is -2.11. The van der Waals surface area contributed by atoms with Gasteiger partial charge in [0.25, 0.3) is 0 Å². The van der Waals surface area contributed by atoms with Crippen LogP contribution in [-0.4, -0.2) is 20.1 Å². The van der Waals surface area contributed by atoms with Gasteiger partial charge in [-0.2, -0.15) is 0 Å². The van der Waals surface area contributed by atoms with Gasteiger partial charge in [0.1, 0.15) is 11.3 Å². The molecule has 26 heavy (non-hydrogen) atoms. The van der Waals surface area contributed by atoms with Crippen molar-refractivity contribution in [3.63, 3.8) is 0 Å². The molecule has 1 heterocycles. The highest BCUT2D eigenvalue weighted by atomic mass is 35.5. The number of para-hydroxylation sites is 1. The lowest BCUT2D eigenvalue weighted by molar-refractivity contribution is -0.121. The molecule has 0 saturated heterocycles. The van der Waals surface area contributed by atoms with E-state index < -0.39 is 9.84 Å². The Morgan fingerprint density at radius 2 is 1.85 bits per heavy atom. The minimum Gasteiger partial charge on any atom is -0.459 e. The first-order chi connectivity index (χ1) is 12.3. The van der Waals surface area contributed by atoms with Gasteiger partial charge in [-0.1, -0.05) is 29.8 Å². The third kappa shape index (κ3) is 4.26. The Bertz CT molecular complexity index is 992. The SMILES string of the molecule is C[C@@H](NC(=O)CCS(=O)(=O)c1ccc(Cl)cc1)c1cc2ccccc2o1. The van der Waals surface area contributed by atoms with Crippen LogP contribution in [0.1, 0.15) is 25.1 Å². The smallest absolute Gasteiger partial charge is 0.221 e. The van der Waals surface area contributed by atoms with Crippen LogP contribution >= 0.6 is 11.6 Å². The molecule has 0 fully saturated rings. The maximum Gasteiger partial charge on any atom is 0.221 e. The molecule has 0 saturated carbocycles. The minimum atomic E-state index is -3.54. The number of hydrogen-bond donors (Lipinski definition) is 1. The molecule has 1 amide bonds. The van der Waals surface area contributed by atoms with Gasteiger partial charge in [-0.05, 0) is 43.3 Å². The number of amides is 1. The van der Waals surface area contributed by atoms with Gasteiger partial charge >= 0.3 is 0 Å². The number of rotatable bonds is 6. The third-order valence-electron chi connectivity index (χ3n) is 4.02. The number of sulfone groups is 1. The monoisotopic (exact) mass is 391 g/mol.